The Kier molecular flexibility index (Phi) is 6.17. The predicted molar refractivity (Wildman–Crippen MR) is 106 cm³/mol. The van der Waals surface area contributed by atoms with Crippen LogP contribution in [0.4, 0.5) is 0 Å². The van der Waals surface area contributed by atoms with Gasteiger partial charge < -0.3 is 16.0 Å². The summed E-state index contributed by atoms with van der Waals surface area (Å²) in [6.45, 7) is 8.39. The highest BCUT2D eigenvalue weighted by Gasteiger charge is 2.33. The lowest BCUT2D eigenvalue weighted by Crippen LogP contribution is -2.54. The minimum atomic E-state index is 0.0351. The summed E-state index contributed by atoms with van der Waals surface area (Å²) >= 11 is 0. The van der Waals surface area contributed by atoms with Crippen molar-refractivity contribution in [2.45, 2.75) is 52.2 Å². The van der Waals surface area contributed by atoms with E-state index in [1.165, 1.54) is 0 Å². The number of nitrogens with one attached hydrogen (secondary N) is 1. The molecule has 2 amide bonds. The number of likely N-dealkylation sites (tertiary alicyclic amines) is 2. The molecule has 0 aliphatic carbocycles. The Balaban J connectivity index is 1.52. The average Bonchev–Trinajstić information content (AvgIpc) is 3.02. The van der Waals surface area contributed by atoms with E-state index in [2.05, 4.69) is 24.1 Å². The lowest BCUT2D eigenvalue weighted by atomic mass is 9.80. The lowest BCUT2D eigenvalue weighted by Gasteiger charge is -2.42. The van der Waals surface area contributed by atoms with E-state index in [-0.39, 0.29) is 23.3 Å². The number of hydrogen-bond donors (Lipinski definition) is 2. The number of carbonyl (C=O) groups excluding carboxylic acids is 2. The Hall–Kier alpha value is -1.92. The normalized spacial score (nSPS) is 22.9. The largest absolute Gasteiger partial charge is 0.351 e. The smallest absolute Gasteiger partial charge is 0.234 e. The zero-order valence-corrected chi connectivity index (χ0v) is 16.5. The van der Waals surface area contributed by atoms with E-state index in [0.29, 0.717) is 26.1 Å². The van der Waals surface area contributed by atoms with E-state index in [4.69, 9.17) is 5.73 Å². The van der Waals surface area contributed by atoms with Crippen LogP contribution >= 0.6 is 0 Å². The van der Waals surface area contributed by atoms with Crippen molar-refractivity contribution in [1.82, 2.24) is 15.1 Å². The third kappa shape index (κ3) is 5.08. The van der Waals surface area contributed by atoms with Crippen LogP contribution < -0.4 is 11.1 Å². The van der Waals surface area contributed by atoms with E-state index in [0.717, 1.165) is 43.6 Å². The molecular weight excluding hydrogens is 340 g/mol. The summed E-state index contributed by atoms with van der Waals surface area (Å²) in [5.41, 5.74) is 8.40. The fourth-order valence-electron chi connectivity index (χ4n) is 4.03. The molecule has 27 heavy (non-hydrogen) atoms. The van der Waals surface area contributed by atoms with Gasteiger partial charge in [0.2, 0.25) is 11.8 Å². The van der Waals surface area contributed by atoms with E-state index in [1.54, 1.807) is 0 Å². The standard InChI is InChI=1S/C21H32N4O2/c1-21(2)15-24(11-9-18(21)22)14-19(26)23-12-16-6-3-4-7-17(16)13-25-10-5-8-20(25)27/h3-4,6-7,18H,5,8-15,22H2,1-2H3,(H,23,26). The predicted octanol–water partition coefficient (Wildman–Crippen LogP) is 1.48. The summed E-state index contributed by atoms with van der Waals surface area (Å²) in [7, 11) is 0. The maximum absolute atomic E-state index is 12.4. The fourth-order valence-corrected chi connectivity index (χ4v) is 4.03. The van der Waals surface area contributed by atoms with Gasteiger partial charge >= 0.3 is 0 Å². The highest BCUT2D eigenvalue weighted by molar-refractivity contribution is 5.78. The van der Waals surface area contributed by atoms with Crippen molar-refractivity contribution >= 4 is 11.8 Å². The Bertz CT molecular complexity index is 689. The molecule has 1 aromatic rings. The third-order valence-electron chi connectivity index (χ3n) is 5.89. The number of carbonyl (C=O) groups is 2. The number of benzene rings is 1. The molecule has 0 saturated carbocycles. The SMILES string of the molecule is CC1(C)CN(CC(=O)NCc2ccccc2CN2CCCC2=O)CCC1N. The monoisotopic (exact) mass is 372 g/mol. The molecule has 0 spiro atoms. The fraction of sp³-hybridized carbons (Fsp3) is 0.619. The molecule has 0 radical (unpaired) electrons. The number of nitrogens with two attached hydrogens (primary N) is 1. The molecule has 2 heterocycles. The number of piperidine rings is 1. The van der Waals surface area contributed by atoms with Crippen LogP contribution in [0.25, 0.3) is 0 Å². The van der Waals surface area contributed by atoms with Gasteiger partial charge in [0.05, 0.1) is 6.54 Å². The van der Waals surface area contributed by atoms with Gasteiger partial charge in [0.25, 0.3) is 0 Å². The Morgan fingerprint density at radius 3 is 2.67 bits per heavy atom. The molecule has 2 saturated heterocycles. The summed E-state index contributed by atoms with van der Waals surface area (Å²) in [4.78, 5) is 28.4. The second-order valence-corrected chi connectivity index (χ2v) is 8.56. The minimum absolute atomic E-state index is 0.0351. The maximum atomic E-state index is 12.4. The van der Waals surface area contributed by atoms with Crippen molar-refractivity contribution < 1.29 is 9.59 Å². The second kappa shape index (κ2) is 8.40. The molecule has 3 N–H and O–H groups in total. The van der Waals surface area contributed by atoms with Crippen molar-refractivity contribution in [3.63, 3.8) is 0 Å². The van der Waals surface area contributed by atoms with Gasteiger partial charge in [0.15, 0.2) is 0 Å². The molecular formula is C21H32N4O2. The zero-order chi connectivity index (χ0) is 19.4. The molecule has 2 fully saturated rings. The van der Waals surface area contributed by atoms with Crippen molar-refractivity contribution in [3.05, 3.63) is 35.4 Å². The van der Waals surface area contributed by atoms with Crippen molar-refractivity contribution in [2.24, 2.45) is 11.1 Å². The highest BCUT2D eigenvalue weighted by atomic mass is 16.2. The lowest BCUT2D eigenvalue weighted by molar-refractivity contribution is -0.128. The quantitative estimate of drug-likeness (QED) is 0.793. The number of hydrogen-bond acceptors (Lipinski definition) is 4. The van der Waals surface area contributed by atoms with E-state index < -0.39 is 0 Å². The molecule has 1 atom stereocenters. The molecule has 0 aromatic heterocycles. The number of amides is 2. The Morgan fingerprint density at radius 1 is 1.26 bits per heavy atom. The van der Waals surface area contributed by atoms with Crippen molar-refractivity contribution in [3.8, 4) is 0 Å². The number of rotatable bonds is 6. The summed E-state index contributed by atoms with van der Waals surface area (Å²) < 4.78 is 0. The maximum Gasteiger partial charge on any atom is 0.234 e. The third-order valence-corrected chi connectivity index (χ3v) is 5.89. The van der Waals surface area contributed by atoms with Crippen LogP contribution in [0.5, 0.6) is 0 Å². The number of nitrogens with zero attached hydrogens (tertiary/aromatic N) is 2. The first-order valence-corrected chi connectivity index (χ1v) is 9.94. The molecule has 2 aliphatic heterocycles. The van der Waals surface area contributed by atoms with Gasteiger partial charge in [-0.05, 0) is 29.4 Å². The van der Waals surface area contributed by atoms with Crippen molar-refractivity contribution in [1.29, 1.82) is 0 Å². The van der Waals surface area contributed by atoms with Crippen LogP contribution in [0.2, 0.25) is 0 Å². The molecule has 2 aliphatic rings. The van der Waals surface area contributed by atoms with Gasteiger partial charge in [-0.2, -0.15) is 0 Å². The summed E-state index contributed by atoms with van der Waals surface area (Å²) in [6.07, 6.45) is 2.51. The van der Waals surface area contributed by atoms with E-state index in [1.807, 2.05) is 29.2 Å². The molecule has 0 bridgehead atoms. The van der Waals surface area contributed by atoms with Crippen molar-refractivity contribution in [2.75, 3.05) is 26.2 Å². The molecule has 6 heteroatoms. The first-order chi connectivity index (χ1) is 12.8. The van der Waals surface area contributed by atoms with Gasteiger partial charge in [-0.3, -0.25) is 14.5 Å². The van der Waals surface area contributed by atoms with Crippen LogP contribution in [0, 0.1) is 5.41 Å². The zero-order valence-electron chi connectivity index (χ0n) is 16.5. The topological polar surface area (TPSA) is 78.7 Å². The molecule has 1 aromatic carbocycles. The Labute approximate surface area is 162 Å². The summed E-state index contributed by atoms with van der Waals surface area (Å²) in [5, 5.41) is 3.05. The van der Waals surface area contributed by atoms with Crippen LogP contribution in [-0.4, -0.2) is 53.8 Å². The molecule has 1 unspecified atom stereocenters. The van der Waals surface area contributed by atoms with Gasteiger partial charge in [0, 0.05) is 45.2 Å². The molecule has 6 nitrogen and oxygen atoms in total. The van der Waals surface area contributed by atoms with Crippen LogP contribution in [0.1, 0.15) is 44.2 Å². The van der Waals surface area contributed by atoms with Gasteiger partial charge in [0.1, 0.15) is 0 Å². The van der Waals surface area contributed by atoms with Crippen LogP contribution in [0.15, 0.2) is 24.3 Å². The van der Waals surface area contributed by atoms with E-state index in [9.17, 15) is 9.59 Å². The minimum Gasteiger partial charge on any atom is -0.351 e. The first-order valence-electron chi connectivity index (χ1n) is 9.94. The summed E-state index contributed by atoms with van der Waals surface area (Å²) in [6, 6.07) is 8.23. The van der Waals surface area contributed by atoms with Crippen LogP contribution in [0.3, 0.4) is 0 Å². The van der Waals surface area contributed by atoms with Gasteiger partial charge in [-0.25, -0.2) is 0 Å². The van der Waals surface area contributed by atoms with E-state index >= 15 is 0 Å². The average molecular weight is 373 g/mol. The first kappa shape index (κ1) is 19.8. The second-order valence-electron chi connectivity index (χ2n) is 8.56. The van der Waals surface area contributed by atoms with Gasteiger partial charge in [-0.15, -0.1) is 0 Å². The molecule has 3 rings (SSSR count). The van der Waals surface area contributed by atoms with Crippen LogP contribution in [-0.2, 0) is 22.7 Å². The van der Waals surface area contributed by atoms with Gasteiger partial charge in [-0.1, -0.05) is 38.1 Å². The highest BCUT2D eigenvalue weighted by Crippen LogP contribution is 2.27. The molecule has 148 valence electrons. The summed E-state index contributed by atoms with van der Waals surface area (Å²) in [5.74, 6) is 0.257. The Morgan fingerprint density at radius 2 is 2.00 bits per heavy atom.